The van der Waals surface area contributed by atoms with Crippen molar-refractivity contribution in [2.24, 2.45) is 11.8 Å². The molecule has 0 unspecified atom stereocenters. The first kappa shape index (κ1) is 31.6. The Morgan fingerprint density at radius 3 is 2.21 bits per heavy atom. The smallest absolute Gasteiger partial charge is 0.342 e. The third kappa shape index (κ3) is 4.35. The van der Waals surface area contributed by atoms with Gasteiger partial charge in [-0.1, -0.05) is 13.8 Å². The first-order chi connectivity index (χ1) is 22.9. The molecule has 3 heterocycles. The Hall–Kier alpha value is -4.94. The zero-order valence-electron chi connectivity index (χ0n) is 27.4. The van der Waals surface area contributed by atoms with Crippen LogP contribution in [0.4, 0.5) is 0 Å². The van der Waals surface area contributed by atoms with Crippen LogP contribution < -0.4 is 19.6 Å². The van der Waals surface area contributed by atoms with E-state index < -0.39 is 52.4 Å². The Kier molecular flexibility index (Phi) is 7.48. The number of cyclic esters (lactones) is 1. The van der Waals surface area contributed by atoms with E-state index in [4.69, 9.17) is 32.8 Å². The van der Waals surface area contributed by atoms with Crippen molar-refractivity contribution >= 4 is 39.3 Å². The van der Waals surface area contributed by atoms with Crippen LogP contribution >= 0.6 is 0 Å². The van der Waals surface area contributed by atoms with Crippen LogP contribution in [-0.2, 0) is 20.6 Å². The number of fused-ring (bicyclic) bond motifs is 6. The van der Waals surface area contributed by atoms with E-state index in [0.717, 1.165) is 0 Å². The Morgan fingerprint density at radius 2 is 1.52 bits per heavy atom. The molecule has 250 valence electrons. The van der Waals surface area contributed by atoms with Gasteiger partial charge in [0, 0.05) is 52.8 Å². The largest absolute Gasteiger partial charge is 0.506 e. The van der Waals surface area contributed by atoms with Gasteiger partial charge in [-0.2, -0.15) is 0 Å². The van der Waals surface area contributed by atoms with Gasteiger partial charge in [0.2, 0.25) is 23.3 Å². The van der Waals surface area contributed by atoms with E-state index in [1.807, 2.05) is 20.8 Å². The molecule has 0 spiro atoms. The van der Waals surface area contributed by atoms with Crippen molar-refractivity contribution in [3.8, 4) is 23.0 Å². The van der Waals surface area contributed by atoms with Crippen LogP contribution in [0.25, 0.3) is 21.7 Å². The summed E-state index contributed by atoms with van der Waals surface area (Å²) in [6.45, 7) is 7.59. The summed E-state index contributed by atoms with van der Waals surface area (Å²) < 4.78 is 40.9. The highest BCUT2D eigenvalue weighted by Crippen LogP contribution is 2.48. The van der Waals surface area contributed by atoms with Gasteiger partial charge >= 0.3 is 5.97 Å². The SMILES string of the molecule is COc1ccc(OC)c2c(=O)c3c(oc12)C(=O)c1ccc2c(O[C@H]4O[C@@H](C)[C@@H](C)[C@H](OC)[C@H]4C)c4c(c(O)c2c1C3=O)C(=O)O[C@@H](C)C4. The van der Waals surface area contributed by atoms with E-state index in [9.17, 15) is 24.3 Å². The van der Waals surface area contributed by atoms with Crippen molar-refractivity contribution in [2.75, 3.05) is 21.3 Å². The average Bonchev–Trinajstić information content (AvgIpc) is 3.06. The summed E-state index contributed by atoms with van der Waals surface area (Å²) in [4.78, 5) is 55.9. The highest BCUT2D eigenvalue weighted by Gasteiger charge is 2.44. The molecule has 48 heavy (non-hydrogen) atoms. The number of benzene rings is 3. The molecule has 12 nitrogen and oxygen atoms in total. The lowest BCUT2D eigenvalue weighted by Crippen LogP contribution is -2.51. The average molecular weight is 659 g/mol. The lowest BCUT2D eigenvalue weighted by atomic mass is 9.81. The minimum Gasteiger partial charge on any atom is -0.506 e. The maximum absolute atomic E-state index is 14.5. The molecule has 3 aromatic carbocycles. The molecule has 4 aromatic rings. The van der Waals surface area contributed by atoms with E-state index in [-0.39, 0.29) is 86.1 Å². The van der Waals surface area contributed by atoms with Crippen molar-refractivity contribution in [3.63, 3.8) is 0 Å². The van der Waals surface area contributed by atoms with Crippen LogP contribution in [0, 0.1) is 11.8 Å². The number of hydrogen-bond acceptors (Lipinski definition) is 12. The molecule has 12 heteroatoms. The topological polar surface area (TPSA) is 157 Å². The van der Waals surface area contributed by atoms with Crippen molar-refractivity contribution in [2.45, 2.75) is 58.7 Å². The lowest BCUT2D eigenvalue weighted by Gasteiger charge is -2.43. The van der Waals surface area contributed by atoms with Gasteiger partial charge in [-0.15, -0.1) is 0 Å². The summed E-state index contributed by atoms with van der Waals surface area (Å²) in [6.07, 6.45) is -1.63. The van der Waals surface area contributed by atoms with Crippen molar-refractivity contribution in [1.82, 2.24) is 0 Å². The number of ether oxygens (including phenoxy) is 6. The molecule has 7 rings (SSSR count). The molecule has 1 fully saturated rings. The van der Waals surface area contributed by atoms with Crippen molar-refractivity contribution in [1.29, 1.82) is 0 Å². The summed E-state index contributed by atoms with van der Waals surface area (Å²) in [6, 6.07) is 5.97. The second-order valence-electron chi connectivity index (χ2n) is 12.6. The second kappa shape index (κ2) is 11.3. The normalized spacial score (nSPS) is 24.9. The molecule has 1 aliphatic carbocycles. The molecule has 0 bridgehead atoms. The number of carbonyl (C=O) groups excluding carboxylic acids is 3. The van der Waals surface area contributed by atoms with Crippen molar-refractivity contribution in [3.05, 3.63) is 68.1 Å². The van der Waals surface area contributed by atoms with Crippen LogP contribution in [0.3, 0.4) is 0 Å². The molecule has 1 aromatic heterocycles. The summed E-state index contributed by atoms with van der Waals surface area (Å²) in [5.74, 6) is -3.25. The quantitative estimate of drug-likeness (QED) is 0.254. The highest BCUT2D eigenvalue weighted by atomic mass is 16.7. The van der Waals surface area contributed by atoms with Crippen LogP contribution in [0.2, 0.25) is 0 Å². The number of methoxy groups -OCH3 is 3. The lowest BCUT2D eigenvalue weighted by molar-refractivity contribution is -0.230. The van der Waals surface area contributed by atoms with E-state index >= 15 is 0 Å². The minimum atomic E-state index is -0.881. The maximum Gasteiger partial charge on any atom is 0.342 e. The minimum absolute atomic E-state index is 0.0578. The third-order valence-corrected chi connectivity index (χ3v) is 9.88. The van der Waals surface area contributed by atoms with Crippen LogP contribution in [0.5, 0.6) is 23.0 Å². The zero-order valence-corrected chi connectivity index (χ0v) is 27.4. The molecule has 1 N–H and O–H groups in total. The monoisotopic (exact) mass is 658 g/mol. The number of rotatable bonds is 5. The molecular weight excluding hydrogens is 624 g/mol. The zero-order chi connectivity index (χ0) is 34.3. The number of aromatic hydroxyl groups is 1. The number of esters is 1. The van der Waals surface area contributed by atoms with Gasteiger partial charge in [0.05, 0.1) is 26.4 Å². The highest BCUT2D eigenvalue weighted by molar-refractivity contribution is 6.33. The molecule has 1 saturated heterocycles. The van der Waals surface area contributed by atoms with Crippen LogP contribution in [-0.4, -0.2) is 68.6 Å². The number of carbonyl (C=O) groups is 3. The summed E-state index contributed by atoms with van der Waals surface area (Å²) in [5, 5.41) is 11.8. The van der Waals surface area contributed by atoms with E-state index in [1.165, 1.54) is 32.4 Å². The summed E-state index contributed by atoms with van der Waals surface area (Å²) in [5.41, 5.74) is -1.64. The van der Waals surface area contributed by atoms with E-state index in [0.29, 0.717) is 5.56 Å². The molecule has 2 aliphatic heterocycles. The molecular formula is C36H34O12. The Balaban J connectivity index is 1.50. The number of phenolic OH excluding ortho intramolecular Hbond substituents is 1. The molecule has 6 atom stereocenters. The van der Waals surface area contributed by atoms with Crippen molar-refractivity contribution < 1.29 is 52.3 Å². The maximum atomic E-state index is 14.5. The Bertz CT molecular complexity index is 2130. The fourth-order valence-electron chi connectivity index (χ4n) is 7.36. The van der Waals surface area contributed by atoms with E-state index in [2.05, 4.69) is 0 Å². The Labute approximate surface area is 274 Å². The van der Waals surface area contributed by atoms with Gasteiger partial charge in [0.15, 0.2) is 17.1 Å². The third-order valence-electron chi connectivity index (χ3n) is 9.88. The van der Waals surface area contributed by atoms with Gasteiger partial charge < -0.3 is 37.9 Å². The van der Waals surface area contributed by atoms with Gasteiger partial charge in [-0.25, -0.2) is 4.79 Å². The van der Waals surface area contributed by atoms with E-state index in [1.54, 1.807) is 20.1 Å². The fraction of sp³-hybridized carbons (Fsp3) is 0.389. The summed E-state index contributed by atoms with van der Waals surface area (Å²) >= 11 is 0. The van der Waals surface area contributed by atoms with Gasteiger partial charge in [-0.05, 0) is 38.1 Å². The Morgan fingerprint density at radius 1 is 0.812 bits per heavy atom. The number of ketones is 2. The molecule has 0 amide bonds. The second-order valence-corrected chi connectivity index (χ2v) is 12.6. The molecule has 0 radical (unpaired) electrons. The molecule has 0 saturated carbocycles. The predicted molar refractivity (Wildman–Crippen MR) is 171 cm³/mol. The number of phenols is 1. The standard InChI is InChI=1S/C36H34O12/c1-13-12-19-24(35(41)45-13)28(38)23-18(32(19)48-36-15(3)31(44-7)14(2)16(4)46-36)9-8-17-22(23)29(39)26-30(40)25-20(42-5)10-11-21(43-6)33(25)47-34(26)27(17)37/h8-11,13-16,31,36,38H,12H2,1-7H3/t13-,14+,15+,16-,31-,36+/m0/s1. The first-order valence-electron chi connectivity index (χ1n) is 15.6. The van der Waals surface area contributed by atoms with Gasteiger partial charge in [-0.3, -0.25) is 14.4 Å². The summed E-state index contributed by atoms with van der Waals surface area (Å²) in [7, 11) is 4.35. The van der Waals surface area contributed by atoms with Crippen LogP contribution in [0.15, 0.2) is 33.5 Å². The predicted octanol–water partition coefficient (Wildman–Crippen LogP) is 4.96. The van der Waals surface area contributed by atoms with Gasteiger partial charge in [0.25, 0.3) is 0 Å². The van der Waals surface area contributed by atoms with Crippen LogP contribution in [0.1, 0.15) is 75.7 Å². The fourth-order valence-corrected chi connectivity index (χ4v) is 7.36. The van der Waals surface area contributed by atoms with Gasteiger partial charge in [0.1, 0.15) is 39.9 Å². The first-order valence-corrected chi connectivity index (χ1v) is 15.6. The number of hydrogen-bond donors (Lipinski definition) is 1. The molecule has 3 aliphatic rings.